The summed E-state index contributed by atoms with van der Waals surface area (Å²) in [5, 5.41) is 0. The fraction of sp³-hybridized carbons (Fsp3) is 0.438. The Kier molecular flexibility index (Phi) is 3.49. The van der Waals surface area contributed by atoms with Crippen molar-refractivity contribution in [2.24, 2.45) is 0 Å². The van der Waals surface area contributed by atoms with E-state index in [2.05, 4.69) is 18.8 Å². The van der Waals surface area contributed by atoms with Crippen molar-refractivity contribution in [2.45, 2.75) is 33.2 Å². The minimum absolute atomic E-state index is 0.284. The first-order chi connectivity index (χ1) is 10.1. The Bertz CT molecular complexity index is 662. The molecule has 0 fully saturated rings. The van der Waals surface area contributed by atoms with Gasteiger partial charge in [0.2, 0.25) is 0 Å². The lowest BCUT2D eigenvalue weighted by Crippen LogP contribution is -2.07. The smallest absolute Gasteiger partial charge is 0.161 e. The van der Waals surface area contributed by atoms with Gasteiger partial charge in [-0.3, -0.25) is 0 Å². The number of anilines is 1. The first kappa shape index (κ1) is 13.8. The first-order valence-electron chi connectivity index (χ1n) is 7.32. The molecule has 1 aliphatic heterocycles. The molecule has 0 aliphatic carbocycles. The van der Waals surface area contributed by atoms with E-state index in [1.807, 2.05) is 29.7 Å². The van der Waals surface area contributed by atoms with Crippen molar-refractivity contribution in [2.75, 3.05) is 18.9 Å². The number of imidazole rings is 1. The molecule has 0 unspecified atom stereocenters. The van der Waals surface area contributed by atoms with Gasteiger partial charge in [-0.2, -0.15) is 0 Å². The van der Waals surface area contributed by atoms with E-state index in [0.29, 0.717) is 19.0 Å². The van der Waals surface area contributed by atoms with E-state index in [9.17, 15) is 0 Å². The highest BCUT2D eigenvalue weighted by molar-refractivity contribution is 5.73. The normalized spacial score (nSPS) is 14.3. The number of ether oxygens (including phenoxy) is 2. The molecular weight excluding hydrogens is 266 g/mol. The molecule has 2 aromatic rings. The zero-order valence-electron chi connectivity index (χ0n) is 12.7. The van der Waals surface area contributed by atoms with Gasteiger partial charge in [0.05, 0.1) is 13.2 Å². The van der Waals surface area contributed by atoms with Crippen molar-refractivity contribution in [3.8, 4) is 22.8 Å². The first-order valence-corrected chi connectivity index (χ1v) is 7.32. The summed E-state index contributed by atoms with van der Waals surface area (Å²) in [5.41, 5.74) is 8.03. The van der Waals surface area contributed by atoms with Gasteiger partial charge in [0.25, 0.3) is 0 Å². The molecule has 0 bridgehead atoms. The standard InChI is InChI=1S/C16H21N3O2/c1-10(2)19-11(3)18-15(16(19)17)12-5-6-13-14(9-12)21-8-4-7-20-13/h5-6,9-10H,4,7-8,17H2,1-3H3. The number of benzene rings is 1. The second-order valence-corrected chi connectivity index (χ2v) is 5.57. The van der Waals surface area contributed by atoms with Crippen LogP contribution in [0.2, 0.25) is 0 Å². The zero-order valence-corrected chi connectivity index (χ0v) is 12.7. The van der Waals surface area contributed by atoms with E-state index in [4.69, 9.17) is 15.2 Å². The molecule has 2 heterocycles. The van der Waals surface area contributed by atoms with Gasteiger partial charge in [-0.25, -0.2) is 4.98 Å². The molecule has 2 N–H and O–H groups in total. The van der Waals surface area contributed by atoms with Gasteiger partial charge in [-0.15, -0.1) is 0 Å². The number of nitrogens with two attached hydrogens (primary N) is 1. The molecule has 0 atom stereocenters. The molecule has 112 valence electrons. The van der Waals surface area contributed by atoms with Gasteiger partial charge in [0.15, 0.2) is 11.5 Å². The van der Waals surface area contributed by atoms with Gasteiger partial charge < -0.3 is 19.8 Å². The van der Waals surface area contributed by atoms with E-state index >= 15 is 0 Å². The highest BCUT2D eigenvalue weighted by Gasteiger charge is 2.18. The summed E-state index contributed by atoms with van der Waals surface area (Å²) >= 11 is 0. The van der Waals surface area contributed by atoms with Crippen LogP contribution in [0.1, 0.15) is 32.1 Å². The van der Waals surface area contributed by atoms with E-state index in [-0.39, 0.29) is 6.04 Å². The number of nitrogens with zero attached hydrogens (tertiary/aromatic N) is 2. The second-order valence-electron chi connectivity index (χ2n) is 5.57. The number of hydrogen-bond donors (Lipinski definition) is 1. The summed E-state index contributed by atoms with van der Waals surface area (Å²) in [7, 11) is 0. The zero-order chi connectivity index (χ0) is 15.0. The van der Waals surface area contributed by atoms with E-state index in [1.54, 1.807) is 0 Å². The van der Waals surface area contributed by atoms with Crippen molar-refractivity contribution in [3.05, 3.63) is 24.0 Å². The van der Waals surface area contributed by atoms with Crippen LogP contribution in [0.25, 0.3) is 11.3 Å². The van der Waals surface area contributed by atoms with Crippen molar-refractivity contribution in [1.82, 2.24) is 9.55 Å². The van der Waals surface area contributed by atoms with Crippen LogP contribution in [0, 0.1) is 6.92 Å². The molecule has 3 rings (SSSR count). The number of rotatable bonds is 2. The minimum atomic E-state index is 0.284. The average Bonchev–Trinajstić information content (AvgIpc) is 2.63. The molecule has 0 saturated carbocycles. The van der Waals surface area contributed by atoms with Crippen LogP contribution in [-0.2, 0) is 0 Å². The molecule has 0 amide bonds. The Morgan fingerprint density at radius 3 is 2.57 bits per heavy atom. The van der Waals surface area contributed by atoms with E-state index in [0.717, 1.165) is 35.0 Å². The van der Waals surface area contributed by atoms with Crippen LogP contribution in [0.3, 0.4) is 0 Å². The summed E-state index contributed by atoms with van der Waals surface area (Å²) in [6, 6.07) is 6.16. The molecule has 5 heteroatoms. The topological polar surface area (TPSA) is 62.3 Å². The van der Waals surface area contributed by atoms with Gasteiger partial charge in [0, 0.05) is 18.0 Å². The second kappa shape index (κ2) is 5.31. The number of fused-ring (bicyclic) bond motifs is 1. The molecule has 0 radical (unpaired) electrons. The van der Waals surface area contributed by atoms with Gasteiger partial charge in [0.1, 0.15) is 17.3 Å². The Balaban J connectivity index is 2.05. The lowest BCUT2D eigenvalue weighted by atomic mass is 10.1. The lowest BCUT2D eigenvalue weighted by Gasteiger charge is -2.12. The Morgan fingerprint density at radius 2 is 1.90 bits per heavy atom. The van der Waals surface area contributed by atoms with Crippen LogP contribution in [0.15, 0.2) is 18.2 Å². The SMILES string of the molecule is Cc1nc(-c2ccc3c(c2)OCCCO3)c(N)n1C(C)C. The van der Waals surface area contributed by atoms with Crippen LogP contribution >= 0.6 is 0 Å². The quantitative estimate of drug-likeness (QED) is 0.921. The highest BCUT2D eigenvalue weighted by Crippen LogP contribution is 2.36. The largest absolute Gasteiger partial charge is 0.490 e. The summed E-state index contributed by atoms with van der Waals surface area (Å²) < 4.78 is 13.4. The fourth-order valence-electron chi connectivity index (χ4n) is 2.74. The van der Waals surface area contributed by atoms with Crippen molar-refractivity contribution in [3.63, 3.8) is 0 Å². The number of aryl methyl sites for hydroxylation is 1. The Hall–Kier alpha value is -2.17. The lowest BCUT2D eigenvalue weighted by molar-refractivity contribution is 0.297. The summed E-state index contributed by atoms with van der Waals surface area (Å²) in [6.07, 6.45) is 0.896. The number of nitrogen functional groups attached to an aromatic ring is 1. The molecule has 1 aromatic heterocycles. The van der Waals surface area contributed by atoms with Gasteiger partial charge >= 0.3 is 0 Å². The fourth-order valence-corrected chi connectivity index (χ4v) is 2.74. The maximum absolute atomic E-state index is 6.27. The van der Waals surface area contributed by atoms with Crippen molar-refractivity contribution in [1.29, 1.82) is 0 Å². The number of hydrogen-bond acceptors (Lipinski definition) is 4. The molecule has 21 heavy (non-hydrogen) atoms. The summed E-state index contributed by atoms with van der Waals surface area (Å²) in [5.74, 6) is 3.16. The third-order valence-electron chi connectivity index (χ3n) is 3.66. The third kappa shape index (κ3) is 2.44. The average molecular weight is 287 g/mol. The van der Waals surface area contributed by atoms with Gasteiger partial charge in [-0.05, 0) is 39.0 Å². The molecule has 0 spiro atoms. The van der Waals surface area contributed by atoms with E-state index < -0.39 is 0 Å². The number of aromatic nitrogens is 2. The van der Waals surface area contributed by atoms with Crippen LogP contribution in [-0.4, -0.2) is 22.8 Å². The van der Waals surface area contributed by atoms with Crippen LogP contribution in [0.5, 0.6) is 11.5 Å². The van der Waals surface area contributed by atoms with Crippen LogP contribution < -0.4 is 15.2 Å². The molecule has 1 aliphatic rings. The highest BCUT2D eigenvalue weighted by atomic mass is 16.5. The van der Waals surface area contributed by atoms with Gasteiger partial charge in [-0.1, -0.05) is 0 Å². The molecular formula is C16H21N3O2. The molecule has 5 nitrogen and oxygen atoms in total. The summed E-state index contributed by atoms with van der Waals surface area (Å²) in [6.45, 7) is 7.54. The van der Waals surface area contributed by atoms with E-state index in [1.165, 1.54) is 0 Å². The predicted molar refractivity (Wildman–Crippen MR) is 82.8 cm³/mol. The predicted octanol–water partition coefficient (Wildman–Crippen LogP) is 3.18. The van der Waals surface area contributed by atoms with Crippen molar-refractivity contribution < 1.29 is 9.47 Å². The maximum atomic E-state index is 6.27. The Morgan fingerprint density at radius 1 is 1.19 bits per heavy atom. The monoisotopic (exact) mass is 287 g/mol. The summed E-state index contributed by atoms with van der Waals surface area (Å²) in [4.78, 5) is 4.62. The Labute approximate surface area is 124 Å². The third-order valence-corrected chi connectivity index (χ3v) is 3.66. The van der Waals surface area contributed by atoms with Crippen LogP contribution in [0.4, 0.5) is 5.82 Å². The van der Waals surface area contributed by atoms with Crippen molar-refractivity contribution >= 4 is 5.82 Å². The molecule has 1 aromatic carbocycles. The maximum Gasteiger partial charge on any atom is 0.161 e. The molecule has 0 saturated heterocycles. The minimum Gasteiger partial charge on any atom is -0.490 e.